The second-order valence-electron chi connectivity index (χ2n) is 5.19. The van der Waals surface area contributed by atoms with E-state index in [0.29, 0.717) is 12.6 Å². The molecule has 1 aromatic rings. The van der Waals surface area contributed by atoms with Crippen molar-refractivity contribution in [1.82, 2.24) is 10.2 Å². The molecule has 4 nitrogen and oxygen atoms in total. The summed E-state index contributed by atoms with van der Waals surface area (Å²) in [4.78, 5) is 14.0. The van der Waals surface area contributed by atoms with E-state index >= 15 is 0 Å². The highest BCUT2D eigenvalue weighted by Gasteiger charge is 2.24. The maximum Gasteiger partial charge on any atom is 0.159 e. The maximum atomic E-state index is 11.6. The topological polar surface area (TPSA) is 41.6 Å². The molecule has 1 aliphatic rings. The van der Waals surface area contributed by atoms with Crippen LogP contribution < -0.4 is 10.1 Å². The van der Waals surface area contributed by atoms with Crippen LogP contribution in [-0.2, 0) is 6.54 Å². The molecule has 110 valence electrons. The van der Waals surface area contributed by atoms with E-state index in [9.17, 15) is 4.79 Å². The zero-order valence-corrected chi connectivity index (χ0v) is 12.6. The smallest absolute Gasteiger partial charge is 0.159 e. The van der Waals surface area contributed by atoms with Crippen molar-refractivity contribution in [3.05, 3.63) is 29.3 Å². The third kappa shape index (κ3) is 3.38. The molecule has 1 saturated heterocycles. The van der Waals surface area contributed by atoms with E-state index in [4.69, 9.17) is 4.74 Å². The van der Waals surface area contributed by atoms with Crippen molar-refractivity contribution in [1.29, 1.82) is 0 Å². The summed E-state index contributed by atoms with van der Waals surface area (Å²) < 4.78 is 5.69. The second-order valence-corrected chi connectivity index (χ2v) is 5.19. The zero-order valence-electron chi connectivity index (χ0n) is 12.6. The zero-order chi connectivity index (χ0) is 14.5. The highest BCUT2D eigenvalue weighted by atomic mass is 16.5. The molecule has 0 atom stereocenters. The Balaban J connectivity index is 2.21. The Kier molecular flexibility index (Phi) is 5.15. The van der Waals surface area contributed by atoms with Gasteiger partial charge in [0.25, 0.3) is 0 Å². The van der Waals surface area contributed by atoms with Gasteiger partial charge in [0.1, 0.15) is 5.75 Å². The first-order valence-electron chi connectivity index (χ1n) is 7.37. The first-order chi connectivity index (χ1) is 9.65. The SMILES string of the molecule is CCOc1ccc(C(C)=O)cc1CN(CC)C1CNC1. The molecule has 0 radical (unpaired) electrons. The summed E-state index contributed by atoms with van der Waals surface area (Å²) in [5.41, 5.74) is 1.86. The first kappa shape index (κ1) is 15.0. The van der Waals surface area contributed by atoms with Crippen LogP contribution in [0.1, 0.15) is 36.7 Å². The highest BCUT2D eigenvalue weighted by molar-refractivity contribution is 5.94. The van der Waals surface area contributed by atoms with E-state index in [-0.39, 0.29) is 5.78 Å². The molecule has 0 aromatic heterocycles. The van der Waals surface area contributed by atoms with Crippen molar-refractivity contribution in [2.45, 2.75) is 33.4 Å². The van der Waals surface area contributed by atoms with Crippen LogP contribution in [0.5, 0.6) is 5.75 Å². The molecule has 1 N–H and O–H groups in total. The second kappa shape index (κ2) is 6.86. The number of rotatable bonds is 7. The third-order valence-corrected chi connectivity index (χ3v) is 3.82. The fraction of sp³-hybridized carbons (Fsp3) is 0.562. The maximum absolute atomic E-state index is 11.6. The van der Waals surface area contributed by atoms with Gasteiger partial charge in [0.2, 0.25) is 0 Å². The molecule has 20 heavy (non-hydrogen) atoms. The lowest BCUT2D eigenvalue weighted by atomic mass is 10.0. The highest BCUT2D eigenvalue weighted by Crippen LogP contribution is 2.23. The Morgan fingerprint density at radius 1 is 1.40 bits per heavy atom. The minimum Gasteiger partial charge on any atom is -0.494 e. The predicted octanol–water partition coefficient (Wildman–Crippen LogP) is 2.08. The van der Waals surface area contributed by atoms with Crippen molar-refractivity contribution in [3.63, 3.8) is 0 Å². The average molecular weight is 276 g/mol. The van der Waals surface area contributed by atoms with Gasteiger partial charge in [-0.3, -0.25) is 9.69 Å². The van der Waals surface area contributed by atoms with Crippen molar-refractivity contribution < 1.29 is 9.53 Å². The number of carbonyl (C=O) groups is 1. The molecule has 2 rings (SSSR count). The summed E-state index contributed by atoms with van der Waals surface area (Å²) >= 11 is 0. The van der Waals surface area contributed by atoms with Crippen LogP contribution in [0.15, 0.2) is 18.2 Å². The van der Waals surface area contributed by atoms with E-state index in [2.05, 4.69) is 17.1 Å². The number of ether oxygens (including phenoxy) is 1. The van der Waals surface area contributed by atoms with Gasteiger partial charge in [-0.25, -0.2) is 0 Å². The largest absolute Gasteiger partial charge is 0.494 e. The van der Waals surface area contributed by atoms with Gasteiger partial charge in [-0.2, -0.15) is 0 Å². The molecule has 1 heterocycles. The van der Waals surface area contributed by atoms with Gasteiger partial charge in [0.15, 0.2) is 5.78 Å². The normalized spacial score (nSPS) is 15.2. The monoisotopic (exact) mass is 276 g/mol. The molecule has 1 aromatic carbocycles. The quantitative estimate of drug-likeness (QED) is 0.774. The van der Waals surface area contributed by atoms with Gasteiger partial charge in [-0.15, -0.1) is 0 Å². The lowest BCUT2D eigenvalue weighted by molar-refractivity contribution is 0.101. The molecule has 0 aliphatic carbocycles. The number of hydrogen-bond donors (Lipinski definition) is 1. The predicted molar refractivity (Wildman–Crippen MR) is 80.4 cm³/mol. The first-order valence-corrected chi connectivity index (χ1v) is 7.37. The molecular formula is C16H24N2O2. The van der Waals surface area contributed by atoms with E-state index in [1.807, 2.05) is 25.1 Å². The summed E-state index contributed by atoms with van der Waals surface area (Å²) in [7, 11) is 0. The van der Waals surface area contributed by atoms with Crippen molar-refractivity contribution >= 4 is 5.78 Å². The van der Waals surface area contributed by atoms with Crippen LogP contribution in [0.25, 0.3) is 0 Å². The number of likely N-dealkylation sites (N-methyl/N-ethyl adjacent to an activating group) is 1. The van der Waals surface area contributed by atoms with Crippen LogP contribution >= 0.6 is 0 Å². The van der Waals surface area contributed by atoms with E-state index in [0.717, 1.165) is 43.1 Å². The van der Waals surface area contributed by atoms with Crippen LogP contribution in [0.4, 0.5) is 0 Å². The number of benzene rings is 1. The summed E-state index contributed by atoms with van der Waals surface area (Å²) in [6, 6.07) is 6.33. The number of hydrogen-bond acceptors (Lipinski definition) is 4. The van der Waals surface area contributed by atoms with Crippen molar-refractivity contribution in [2.75, 3.05) is 26.2 Å². The van der Waals surface area contributed by atoms with Crippen LogP contribution in [0, 0.1) is 0 Å². The van der Waals surface area contributed by atoms with Crippen molar-refractivity contribution in [3.8, 4) is 5.75 Å². The van der Waals surface area contributed by atoms with Gasteiger partial charge < -0.3 is 10.1 Å². The summed E-state index contributed by atoms with van der Waals surface area (Å²) in [6.07, 6.45) is 0. The number of nitrogens with zero attached hydrogens (tertiary/aromatic N) is 1. The minimum absolute atomic E-state index is 0.0997. The van der Waals surface area contributed by atoms with E-state index in [1.54, 1.807) is 6.92 Å². The van der Waals surface area contributed by atoms with Gasteiger partial charge >= 0.3 is 0 Å². The molecule has 0 unspecified atom stereocenters. The fourth-order valence-corrected chi connectivity index (χ4v) is 2.47. The van der Waals surface area contributed by atoms with E-state index in [1.165, 1.54) is 0 Å². The average Bonchev–Trinajstić information content (AvgIpc) is 2.37. The van der Waals surface area contributed by atoms with E-state index < -0.39 is 0 Å². The lowest BCUT2D eigenvalue weighted by Gasteiger charge is -2.38. The minimum atomic E-state index is 0.0997. The van der Waals surface area contributed by atoms with Gasteiger partial charge in [0, 0.05) is 36.8 Å². The van der Waals surface area contributed by atoms with Crippen LogP contribution in [0.3, 0.4) is 0 Å². The van der Waals surface area contributed by atoms with Gasteiger partial charge in [0.05, 0.1) is 6.61 Å². The van der Waals surface area contributed by atoms with Gasteiger partial charge in [-0.1, -0.05) is 6.92 Å². The Labute approximate surface area is 121 Å². The number of ketones is 1. The Morgan fingerprint density at radius 2 is 2.15 bits per heavy atom. The molecule has 0 saturated carbocycles. The number of Topliss-reactive ketones (excluding diaryl/α,β-unsaturated/α-hetero) is 1. The molecule has 1 fully saturated rings. The summed E-state index contributed by atoms with van der Waals surface area (Å²) in [6.45, 7) is 10.3. The standard InChI is InChI=1S/C16H24N2O2/c1-4-18(15-9-17-10-15)11-14-8-13(12(3)19)6-7-16(14)20-5-2/h6-8,15,17H,4-5,9-11H2,1-3H3. The Hall–Kier alpha value is -1.39. The molecule has 0 amide bonds. The third-order valence-electron chi connectivity index (χ3n) is 3.82. The molecule has 4 heteroatoms. The molecule has 0 spiro atoms. The fourth-order valence-electron chi connectivity index (χ4n) is 2.47. The lowest BCUT2D eigenvalue weighted by Crippen LogP contribution is -2.56. The summed E-state index contributed by atoms with van der Waals surface area (Å²) in [5, 5.41) is 3.30. The Morgan fingerprint density at radius 3 is 2.65 bits per heavy atom. The van der Waals surface area contributed by atoms with Crippen LogP contribution in [0.2, 0.25) is 0 Å². The van der Waals surface area contributed by atoms with Gasteiger partial charge in [-0.05, 0) is 38.6 Å². The molecule has 1 aliphatic heterocycles. The summed E-state index contributed by atoms with van der Waals surface area (Å²) in [5.74, 6) is 0.992. The number of nitrogens with one attached hydrogen (secondary N) is 1. The van der Waals surface area contributed by atoms with Crippen LogP contribution in [-0.4, -0.2) is 43.0 Å². The molecule has 0 bridgehead atoms. The molecular weight excluding hydrogens is 252 g/mol. The Bertz CT molecular complexity index is 470. The number of carbonyl (C=O) groups excluding carboxylic acids is 1. The van der Waals surface area contributed by atoms with Crippen molar-refractivity contribution in [2.24, 2.45) is 0 Å².